The van der Waals surface area contributed by atoms with Crippen molar-refractivity contribution in [3.63, 3.8) is 0 Å². The highest BCUT2D eigenvalue weighted by molar-refractivity contribution is 5.92. The average molecular weight is 351 g/mol. The van der Waals surface area contributed by atoms with E-state index in [4.69, 9.17) is 5.26 Å². The van der Waals surface area contributed by atoms with Gasteiger partial charge in [0.15, 0.2) is 0 Å². The summed E-state index contributed by atoms with van der Waals surface area (Å²) in [6.07, 6.45) is 2.22. The van der Waals surface area contributed by atoms with Crippen LogP contribution in [0.5, 0.6) is 0 Å². The molecule has 1 saturated heterocycles. The van der Waals surface area contributed by atoms with E-state index in [1.54, 1.807) is 12.1 Å². The zero-order valence-electron chi connectivity index (χ0n) is 14.6. The molecular weight excluding hydrogens is 329 g/mol. The van der Waals surface area contributed by atoms with Crippen LogP contribution < -0.4 is 5.32 Å². The Hall–Kier alpha value is -2.71. The summed E-state index contributed by atoms with van der Waals surface area (Å²) >= 11 is 0. The second-order valence-electron chi connectivity index (χ2n) is 6.72. The lowest BCUT2D eigenvalue weighted by Gasteiger charge is -2.32. The molecule has 1 heterocycles. The molecule has 0 spiro atoms. The topological polar surface area (TPSA) is 56.1 Å². The largest absolute Gasteiger partial charge is 0.326 e. The molecule has 0 aromatic heterocycles. The number of nitrogens with one attached hydrogen (secondary N) is 1. The van der Waals surface area contributed by atoms with Gasteiger partial charge in [-0.3, -0.25) is 9.69 Å². The molecule has 1 N–H and O–H groups in total. The Morgan fingerprint density at radius 2 is 1.85 bits per heavy atom. The third-order valence-electron chi connectivity index (χ3n) is 4.70. The summed E-state index contributed by atoms with van der Waals surface area (Å²) in [6, 6.07) is 16.0. The molecule has 0 unspecified atom stereocenters. The Bertz CT molecular complexity index is 780. The fourth-order valence-electron chi connectivity index (χ4n) is 3.30. The summed E-state index contributed by atoms with van der Waals surface area (Å²) in [5, 5.41) is 11.7. The van der Waals surface area contributed by atoms with E-state index in [1.807, 2.05) is 24.3 Å². The van der Waals surface area contributed by atoms with Crippen molar-refractivity contribution in [2.24, 2.45) is 5.92 Å². The van der Waals surface area contributed by atoms with Gasteiger partial charge in [-0.25, -0.2) is 4.39 Å². The van der Waals surface area contributed by atoms with Crippen LogP contribution in [-0.4, -0.2) is 23.9 Å². The molecule has 1 amide bonds. The minimum absolute atomic E-state index is 0.0295. The van der Waals surface area contributed by atoms with Gasteiger partial charge in [0.2, 0.25) is 5.91 Å². The highest BCUT2D eigenvalue weighted by Gasteiger charge is 2.25. The van der Waals surface area contributed by atoms with Crippen molar-refractivity contribution in [1.29, 1.82) is 5.26 Å². The molecule has 2 aromatic rings. The van der Waals surface area contributed by atoms with Crippen molar-refractivity contribution in [3.8, 4) is 6.07 Å². The minimum atomic E-state index is -0.231. The van der Waals surface area contributed by atoms with Crippen LogP contribution in [0.4, 0.5) is 10.1 Å². The van der Waals surface area contributed by atoms with Gasteiger partial charge in [-0.05, 0) is 54.8 Å². The summed E-state index contributed by atoms with van der Waals surface area (Å²) in [7, 11) is 0. The van der Waals surface area contributed by atoms with Crippen LogP contribution in [0.2, 0.25) is 0 Å². The van der Waals surface area contributed by atoms with Gasteiger partial charge in [0.05, 0.1) is 18.4 Å². The number of hydrogen-bond acceptors (Lipinski definition) is 3. The van der Waals surface area contributed by atoms with Gasteiger partial charge in [-0.15, -0.1) is 0 Å². The summed E-state index contributed by atoms with van der Waals surface area (Å²) < 4.78 is 13.0. The molecular formula is C21H22FN3O. The average Bonchev–Trinajstić information content (AvgIpc) is 2.66. The first-order valence-electron chi connectivity index (χ1n) is 8.87. The summed E-state index contributed by atoms with van der Waals surface area (Å²) in [4.78, 5) is 14.8. The molecule has 3 rings (SSSR count). The number of carbonyl (C=O) groups excluding carboxylic acids is 1. The number of anilines is 1. The summed E-state index contributed by atoms with van der Waals surface area (Å²) in [6.45, 7) is 2.38. The standard InChI is InChI=1S/C21H22FN3O/c22-19-7-3-17(4-8-19)14-25-13-1-2-18(15-25)21(26)24-20-9-5-16(6-10-20)11-12-23/h3-10,18H,1-2,11,13-15H2,(H,24,26)/t18-/m0/s1. The highest BCUT2D eigenvalue weighted by Crippen LogP contribution is 2.21. The number of rotatable bonds is 5. The predicted molar refractivity (Wildman–Crippen MR) is 98.8 cm³/mol. The molecule has 0 saturated carbocycles. The zero-order valence-corrected chi connectivity index (χ0v) is 14.6. The third kappa shape index (κ3) is 4.90. The second kappa shape index (κ2) is 8.59. The number of benzene rings is 2. The van der Waals surface area contributed by atoms with Gasteiger partial charge in [0.25, 0.3) is 0 Å². The second-order valence-corrected chi connectivity index (χ2v) is 6.72. The van der Waals surface area contributed by atoms with Gasteiger partial charge in [0.1, 0.15) is 5.82 Å². The van der Waals surface area contributed by atoms with Crippen LogP contribution in [0.15, 0.2) is 48.5 Å². The van der Waals surface area contributed by atoms with E-state index in [0.717, 1.165) is 42.7 Å². The van der Waals surface area contributed by atoms with Crippen LogP contribution in [-0.2, 0) is 17.8 Å². The highest BCUT2D eigenvalue weighted by atomic mass is 19.1. The molecule has 5 heteroatoms. The Morgan fingerprint density at radius 1 is 1.15 bits per heavy atom. The van der Waals surface area contributed by atoms with Gasteiger partial charge < -0.3 is 5.32 Å². The zero-order chi connectivity index (χ0) is 18.4. The SMILES string of the molecule is N#CCc1ccc(NC(=O)[C@H]2CCCN(Cc3ccc(F)cc3)C2)cc1. The number of amides is 1. The Morgan fingerprint density at radius 3 is 2.54 bits per heavy atom. The number of nitrogens with zero attached hydrogens (tertiary/aromatic N) is 2. The van der Waals surface area contributed by atoms with E-state index in [0.29, 0.717) is 13.0 Å². The molecule has 1 atom stereocenters. The van der Waals surface area contributed by atoms with Crippen molar-refractivity contribution < 1.29 is 9.18 Å². The Kier molecular flexibility index (Phi) is 5.98. The molecule has 1 fully saturated rings. The Balaban J connectivity index is 1.55. The maximum atomic E-state index is 13.0. The smallest absolute Gasteiger partial charge is 0.228 e. The molecule has 2 aromatic carbocycles. The van der Waals surface area contributed by atoms with E-state index >= 15 is 0 Å². The quantitative estimate of drug-likeness (QED) is 0.893. The van der Waals surface area contributed by atoms with E-state index in [-0.39, 0.29) is 17.6 Å². The number of halogens is 1. The molecule has 1 aliphatic rings. The molecule has 134 valence electrons. The van der Waals surface area contributed by atoms with Crippen LogP contribution in [0.25, 0.3) is 0 Å². The summed E-state index contributed by atoms with van der Waals surface area (Å²) in [5.41, 5.74) is 2.75. The van der Waals surface area contributed by atoms with E-state index in [2.05, 4.69) is 16.3 Å². The van der Waals surface area contributed by atoms with Crippen LogP contribution in [0, 0.1) is 23.1 Å². The van der Waals surface area contributed by atoms with Crippen LogP contribution in [0.1, 0.15) is 24.0 Å². The van der Waals surface area contributed by atoms with Crippen molar-refractivity contribution >= 4 is 11.6 Å². The maximum absolute atomic E-state index is 13.0. The fourth-order valence-corrected chi connectivity index (χ4v) is 3.30. The first-order valence-corrected chi connectivity index (χ1v) is 8.87. The molecule has 1 aliphatic heterocycles. The normalized spacial score (nSPS) is 17.5. The van der Waals surface area contributed by atoms with Gasteiger partial charge in [-0.2, -0.15) is 5.26 Å². The lowest BCUT2D eigenvalue weighted by Crippen LogP contribution is -2.40. The fraction of sp³-hybridized carbons (Fsp3) is 0.333. The molecule has 0 aliphatic carbocycles. The lowest BCUT2D eigenvalue weighted by molar-refractivity contribution is -0.121. The Labute approximate surface area is 153 Å². The van der Waals surface area contributed by atoms with Gasteiger partial charge in [-0.1, -0.05) is 24.3 Å². The third-order valence-corrected chi connectivity index (χ3v) is 4.70. The van der Waals surface area contributed by atoms with E-state index in [9.17, 15) is 9.18 Å². The number of nitriles is 1. The monoisotopic (exact) mass is 351 g/mol. The lowest BCUT2D eigenvalue weighted by atomic mass is 9.96. The number of hydrogen-bond donors (Lipinski definition) is 1. The maximum Gasteiger partial charge on any atom is 0.228 e. The molecule has 0 radical (unpaired) electrons. The summed E-state index contributed by atoms with van der Waals surface area (Å²) in [5.74, 6) is -0.254. The van der Waals surface area contributed by atoms with Crippen molar-refractivity contribution in [2.75, 3.05) is 18.4 Å². The number of likely N-dealkylation sites (tertiary alicyclic amines) is 1. The van der Waals surface area contributed by atoms with Crippen LogP contribution in [0.3, 0.4) is 0 Å². The molecule has 4 nitrogen and oxygen atoms in total. The minimum Gasteiger partial charge on any atom is -0.326 e. The number of carbonyl (C=O) groups is 1. The van der Waals surface area contributed by atoms with Crippen LogP contribution >= 0.6 is 0 Å². The van der Waals surface area contributed by atoms with Gasteiger partial charge >= 0.3 is 0 Å². The van der Waals surface area contributed by atoms with E-state index < -0.39 is 0 Å². The predicted octanol–water partition coefficient (Wildman–Crippen LogP) is 3.74. The van der Waals surface area contributed by atoms with Crippen molar-refractivity contribution in [1.82, 2.24) is 4.90 Å². The van der Waals surface area contributed by atoms with E-state index in [1.165, 1.54) is 12.1 Å². The molecule has 0 bridgehead atoms. The first-order chi connectivity index (χ1) is 12.6. The van der Waals surface area contributed by atoms with Crippen molar-refractivity contribution in [2.45, 2.75) is 25.8 Å². The number of piperidine rings is 1. The first kappa shape index (κ1) is 18.1. The van der Waals surface area contributed by atoms with Crippen molar-refractivity contribution in [3.05, 3.63) is 65.5 Å². The molecule has 26 heavy (non-hydrogen) atoms. The van der Waals surface area contributed by atoms with Gasteiger partial charge in [0, 0.05) is 18.8 Å².